The second-order valence-electron chi connectivity index (χ2n) is 7.80. The predicted octanol–water partition coefficient (Wildman–Crippen LogP) is 5.42. The normalized spacial score (nSPS) is 18.5. The zero-order valence-corrected chi connectivity index (χ0v) is 16.6. The van der Waals surface area contributed by atoms with Crippen molar-refractivity contribution in [3.63, 3.8) is 0 Å². The van der Waals surface area contributed by atoms with E-state index in [2.05, 4.69) is 10.5 Å². The molecule has 0 spiro atoms. The number of alkyl halides is 1. The van der Waals surface area contributed by atoms with Gasteiger partial charge in [-0.1, -0.05) is 24.4 Å². The first-order chi connectivity index (χ1) is 14.1. The molecule has 7 heteroatoms. The van der Waals surface area contributed by atoms with Crippen LogP contribution in [0.3, 0.4) is 0 Å². The second-order valence-corrected chi connectivity index (χ2v) is 7.80. The quantitative estimate of drug-likeness (QED) is 0.531. The SMILES string of the molecule is Fc1cc(F)cc(-c2cc(COCC(F)CCCCC3CCCCNC3)no2)c1. The summed E-state index contributed by atoms with van der Waals surface area (Å²) in [6.45, 7) is 2.30. The lowest BCUT2D eigenvalue weighted by Gasteiger charge is -2.14. The minimum absolute atomic E-state index is 0.00176. The Hall–Kier alpha value is -1.86. The molecule has 160 valence electrons. The predicted molar refractivity (Wildman–Crippen MR) is 105 cm³/mol. The molecule has 1 aromatic carbocycles. The average Bonchev–Trinajstić information content (AvgIpc) is 3.00. The molecule has 3 rings (SSSR count). The van der Waals surface area contributed by atoms with Crippen LogP contribution in [0.5, 0.6) is 0 Å². The van der Waals surface area contributed by atoms with E-state index in [9.17, 15) is 13.2 Å². The Morgan fingerprint density at radius 3 is 2.79 bits per heavy atom. The lowest BCUT2D eigenvalue weighted by atomic mass is 9.96. The minimum atomic E-state index is -1.01. The molecule has 0 bridgehead atoms. The van der Waals surface area contributed by atoms with Gasteiger partial charge < -0.3 is 14.6 Å². The van der Waals surface area contributed by atoms with Crippen LogP contribution < -0.4 is 5.32 Å². The molecule has 0 aliphatic carbocycles. The number of ether oxygens (including phenoxy) is 1. The highest BCUT2D eigenvalue weighted by molar-refractivity contribution is 5.57. The molecule has 4 nitrogen and oxygen atoms in total. The van der Waals surface area contributed by atoms with Gasteiger partial charge >= 0.3 is 0 Å². The molecule has 0 saturated carbocycles. The highest BCUT2D eigenvalue weighted by atomic mass is 19.1. The Morgan fingerprint density at radius 2 is 1.97 bits per heavy atom. The summed E-state index contributed by atoms with van der Waals surface area (Å²) < 4.78 is 51.1. The fourth-order valence-corrected chi connectivity index (χ4v) is 3.72. The number of rotatable bonds is 10. The second kappa shape index (κ2) is 11.4. The number of nitrogens with one attached hydrogen (secondary N) is 1. The maximum absolute atomic E-state index is 14.0. The van der Waals surface area contributed by atoms with Gasteiger partial charge in [-0.3, -0.25) is 0 Å². The van der Waals surface area contributed by atoms with Gasteiger partial charge in [-0.2, -0.15) is 0 Å². The highest BCUT2D eigenvalue weighted by Crippen LogP contribution is 2.23. The summed E-state index contributed by atoms with van der Waals surface area (Å²) in [5.74, 6) is -0.416. The van der Waals surface area contributed by atoms with Crippen LogP contribution in [0.1, 0.15) is 50.6 Å². The molecule has 1 aromatic heterocycles. The van der Waals surface area contributed by atoms with Gasteiger partial charge in [0, 0.05) is 17.7 Å². The van der Waals surface area contributed by atoms with E-state index < -0.39 is 17.8 Å². The van der Waals surface area contributed by atoms with E-state index in [1.165, 1.54) is 19.3 Å². The largest absolute Gasteiger partial charge is 0.372 e. The molecule has 29 heavy (non-hydrogen) atoms. The molecular formula is C22H29F3N2O2. The molecule has 1 aliphatic rings. The summed E-state index contributed by atoms with van der Waals surface area (Å²) in [7, 11) is 0. The molecule has 0 amide bonds. The lowest BCUT2D eigenvalue weighted by Crippen LogP contribution is -2.20. The van der Waals surface area contributed by atoms with Crippen molar-refractivity contribution in [2.24, 2.45) is 5.92 Å². The molecule has 0 radical (unpaired) electrons. The summed E-state index contributed by atoms with van der Waals surface area (Å²) >= 11 is 0. The van der Waals surface area contributed by atoms with Crippen LogP contribution >= 0.6 is 0 Å². The molecule has 1 saturated heterocycles. The third kappa shape index (κ3) is 7.48. The number of halogens is 3. The summed E-state index contributed by atoms with van der Waals surface area (Å²) in [6.07, 6.45) is 6.37. The van der Waals surface area contributed by atoms with Crippen LogP contribution in [0.25, 0.3) is 11.3 Å². The zero-order valence-electron chi connectivity index (χ0n) is 16.6. The third-order valence-electron chi connectivity index (χ3n) is 5.28. The molecule has 2 heterocycles. The monoisotopic (exact) mass is 410 g/mol. The maximum Gasteiger partial charge on any atom is 0.167 e. The van der Waals surface area contributed by atoms with Crippen LogP contribution in [0.15, 0.2) is 28.8 Å². The van der Waals surface area contributed by atoms with Crippen molar-refractivity contribution in [3.05, 3.63) is 41.6 Å². The van der Waals surface area contributed by atoms with Gasteiger partial charge in [-0.15, -0.1) is 0 Å². The van der Waals surface area contributed by atoms with E-state index in [1.54, 1.807) is 6.07 Å². The highest BCUT2D eigenvalue weighted by Gasteiger charge is 2.14. The van der Waals surface area contributed by atoms with E-state index >= 15 is 0 Å². The smallest absolute Gasteiger partial charge is 0.167 e. The third-order valence-corrected chi connectivity index (χ3v) is 5.28. The van der Waals surface area contributed by atoms with Crippen molar-refractivity contribution in [2.75, 3.05) is 19.7 Å². The first-order valence-electron chi connectivity index (χ1n) is 10.4. The Bertz CT molecular complexity index is 725. The summed E-state index contributed by atoms with van der Waals surface area (Å²) in [5, 5.41) is 7.27. The Labute approximate surface area is 169 Å². The van der Waals surface area contributed by atoms with Gasteiger partial charge in [-0.25, -0.2) is 13.2 Å². The van der Waals surface area contributed by atoms with Gasteiger partial charge in [0.2, 0.25) is 0 Å². The average molecular weight is 410 g/mol. The first-order valence-corrected chi connectivity index (χ1v) is 10.4. The summed E-state index contributed by atoms with van der Waals surface area (Å²) in [4.78, 5) is 0. The molecular weight excluding hydrogens is 381 g/mol. The van der Waals surface area contributed by atoms with E-state index in [1.807, 2.05) is 0 Å². The molecule has 2 atom stereocenters. The minimum Gasteiger partial charge on any atom is -0.372 e. The van der Waals surface area contributed by atoms with Gasteiger partial charge in [-0.05, 0) is 56.8 Å². The first kappa shape index (κ1) is 21.8. The van der Waals surface area contributed by atoms with E-state index in [4.69, 9.17) is 9.26 Å². The maximum atomic E-state index is 14.0. The van der Waals surface area contributed by atoms with Crippen molar-refractivity contribution in [1.82, 2.24) is 10.5 Å². The van der Waals surface area contributed by atoms with E-state index in [0.29, 0.717) is 12.1 Å². The molecule has 1 fully saturated rings. The Kier molecular flexibility index (Phi) is 8.55. The molecule has 2 aromatic rings. The number of unbranched alkanes of at least 4 members (excludes halogenated alkanes) is 1. The van der Waals surface area contributed by atoms with Gasteiger partial charge in [0.25, 0.3) is 0 Å². The van der Waals surface area contributed by atoms with E-state index in [-0.39, 0.29) is 24.5 Å². The topological polar surface area (TPSA) is 47.3 Å². The number of benzene rings is 1. The number of hydrogen-bond donors (Lipinski definition) is 1. The Morgan fingerprint density at radius 1 is 1.14 bits per heavy atom. The van der Waals surface area contributed by atoms with Crippen LogP contribution in [-0.4, -0.2) is 31.0 Å². The van der Waals surface area contributed by atoms with Crippen LogP contribution in [0.2, 0.25) is 0 Å². The fraction of sp³-hybridized carbons (Fsp3) is 0.591. The molecule has 1 N–H and O–H groups in total. The van der Waals surface area contributed by atoms with E-state index in [0.717, 1.165) is 56.5 Å². The van der Waals surface area contributed by atoms with Crippen molar-refractivity contribution in [1.29, 1.82) is 0 Å². The number of aromatic nitrogens is 1. The number of nitrogens with zero attached hydrogens (tertiary/aromatic N) is 1. The van der Waals surface area contributed by atoms with Crippen LogP contribution in [0.4, 0.5) is 13.2 Å². The van der Waals surface area contributed by atoms with Gasteiger partial charge in [0.1, 0.15) is 23.5 Å². The van der Waals surface area contributed by atoms with Crippen molar-refractivity contribution < 1.29 is 22.4 Å². The fourth-order valence-electron chi connectivity index (χ4n) is 3.72. The van der Waals surface area contributed by atoms with Crippen LogP contribution in [-0.2, 0) is 11.3 Å². The van der Waals surface area contributed by atoms with Gasteiger partial charge in [0.05, 0.1) is 13.2 Å². The molecule has 1 aliphatic heterocycles. The van der Waals surface area contributed by atoms with Crippen molar-refractivity contribution in [3.8, 4) is 11.3 Å². The van der Waals surface area contributed by atoms with Crippen molar-refractivity contribution >= 4 is 0 Å². The van der Waals surface area contributed by atoms with Gasteiger partial charge in [0.15, 0.2) is 5.76 Å². The van der Waals surface area contributed by atoms with Crippen molar-refractivity contribution in [2.45, 2.75) is 57.7 Å². The summed E-state index contributed by atoms with van der Waals surface area (Å²) in [6, 6.07) is 4.66. The lowest BCUT2D eigenvalue weighted by molar-refractivity contribution is 0.0622. The van der Waals surface area contributed by atoms with Crippen LogP contribution in [0, 0.1) is 17.6 Å². The summed E-state index contributed by atoms with van der Waals surface area (Å²) in [5.41, 5.74) is 0.714. The Balaban J connectivity index is 1.32. The molecule has 2 unspecified atom stereocenters. The standard InChI is InChI=1S/C22H29F3N2O2/c23-18(7-2-1-5-16-6-3-4-8-26-13-16)14-28-15-21-12-22(29-27-21)17-9-19(24)11-20(25)10-17/h9-12,16,18,26H,1-8,13-15H2. The number of hydrogen-bond acceptors (Lipinski definition) is 4. The zero-order chi connectivity index (χ0) is 20.5.